The van der Waals surface area contributed by atoms with Gasteiger partial charge < -0.3 is 19.9 Å². The van der Waals surface area contributed by atoms with Crippen molar-refractivity contribution >= 4 is 23.3 Å². The molecular formula is C20H21ClN6O2. The molecule has 1 aromatic carbocycles. The number of rotatable bonds is 6. The highest BCUT2D eigenvalue weighted by Gasteiger charge is 2.22. The lowest BCUT2D eigenvalue weighted by molar-refractivity contribution is 0.0944. The van der Waals surface area contributed by atoms with Gasteiger partial charge in [-0.3, -0.25) is 4.79 Å². The van der Waals surface area contributed by atoms with Crippen LogP contribution in [0.4, 0.5) is 5.82 Å². The van der Waals surface area contributed by atoms with Crippen LogP contribution < -0.4 is 15.0 Å². The molecule has 0 radical (unpaired) electrons. The van der Waals surface area contributed by atoms with Crippen LogP contribution in [0, 0.1) is 0 Å². The van der Waals surface area contributed by atoms with E-state index in [0.29, 0.717) is 17.4 Å². The highest BCUT2D eigenvalue weighted by Crippen LogP contribution is 2.27. The minimum atomic E-state index is -0.285. The van der Waals surface area contributed by atoms with Gasteiger partial charge >= 0.3 is 0 Å². The maximum atomic E-state index is 12.2. The number of nitrogens with one attached hydrogen (secondary N) is 2. The first kappa shape index (κ1) is 19.2. The minimum absolute atomic E-state index is 0.116. The normalized spacial score (nSPS) is 14.6. The third-order valence-electron chi connectivity index (χ3n) is 4.75. The van der Waals surface area contributed by atoms with Gasteiger partial charge in [0, 0.05) is 38.3 Å². The molecule has 1 saturated heterocycles. The summed E-state index contributed by atoms with van der Waals surface area (Å²) in [4.78, 5) is 21.3. The second kappa shape index (κ2) is 8.91. The lowest BCUT2D eigenvalue weighted by Crippen LogP contribution is -2.39. The molecule has 2 N–H and O–H groups in total. The molecule has 150 valence electrons. The molecule has 1 aliphatic rings. The number of halogens is 1. The van der Waals surface area contributed by atoms with Crippen LogP contribution in [0.3, 0.4) is 0 Å². The SMILES string of the molecule is O=C(NCc1ncc[nH]1)c1ccc(N2CCC(Oc3ccccc3Cl)CC2)nn1. The van der Waals surface area contributed by atoms with Crippen molar-refractivity contribution in [3.8, 4) is 5.75 Å². The lowest BCUT2D eigenvalue weighted by Gasteiger charge is -2.32. The van der Waals surface area contributed by atoms with E-state index in [2.05, 4.69) is 30.4 Å². The number of amides is 1. The van der Waals surface area contributed by atoms with Crippen LogP contribution in [0.25, 0.3) is 0 Å². The second-order valence-corrected chi connectivity index (χ2v) is 7.14. The summed E-state index contributed by atoms with van der Waals surface area (Å²) in [7, 11) is 0. The maximum absolute atomic E-state index is 12.2. The molecule has 0 bridgehead atoms. The molecule has 0 atom stereocenters. The summed E-state index contributed by atoms with van der Waals surface area (Å²) in [5, 5.41) is 11.7. The molecule has 3 aromatic rings. The Morgan fingerprint density at radius 1 is 1.21 bits per heavy atom. The summed E-state index contributed by atoms with van der Waals surface area (Å²) >= 11 is 6.17. The predicted molar refractivity (Wildman–Crippen MR) is 109 cm³/mol. The van der Waals surface area contributed by atoms with Crippen molar-refractivity contribution in [3.63, 3.8) is 0 Å². The number of aromatic nitrogens is 4. The largest absolute Gasteiger partial charge is 0.489 e. The zero-order chi connectivity index (χ0) is 20.1. The average molecular weight is 413 g/mol. The molecule has 3 heterocycles. The van der Waals surface area contributed by atoms with Gasteiger partial charge in [-0.25, -0.2) is 4.98 Å². The lowest BCUT2D eigenvalue weighted by atomic mass is 10.1. The van der Waals surface area contributed by atoms with Crippen LogP contribution >= 0.6 is 11.6 Å². The monoisotopic (exact) mass is 412 g/mol. The fraction of sp³-hybridized carbons (Fsp3) is 0.300. The van der Waals surface area contributed by atoms with E-state index in [4.69, 9.17) is 16.3 Å². The van der Waals surface area contributed by atoms with E-state index in [1.807, 2.05) is 30.3 Å². The Labute approximate surface area is 173 Å². The van der Waals surface area contributed by atoms with Crippen molar-refractivity contribution in [2.75, 3.05) is 18.0 Å². The number of H-pyrrole nitrogens is 1. The quantitative estimate of drug-likeness (QED) is 0.646. The Hall–Kier alpha value is -3.13. The topological polar surface area (TPSA) is 96.0 Å². The maximum Gasteiger partial charge on any atom is 0.272 e. The number of aromatic amines is 1. The minimum Gasteiger partial charge on any atom is -0.489 e. The third kappa shape index (κ3) is 4.83. The van der Waals surface area contributed by atoms with Crippen LogP contribution in [0.1, 0.15) is 29.2 Å². The van der Waals surface area contributed by atoms with Gasteiger partial charge in [-0.15, -0.1) is 10.2 Å². The predicted octanol–water partition coefficient (Wildman–Crippen LogP) is 2.83. The highest BCUT2D eigenvalue weighted by molar-refractivity contribution is 6.32. The van der Waals surface area contributed by atoms with Gasteiger partial charge in [-0.05, 0) is 24.3 Å². The number of para-hydroxylation sites is 1. The van der Waals surface area contributed by atoms with Gasteiger partial charge in [0.1, 0.15) is 17.7 Å². The number of nitrogens with zero attached hydrogens (tertiary/aromatic N) is 4. The number of carbonyl (C=O) groups excluding carboxylic acids is 1. The molecule has 29 heavy (non-hydrogen) atoms. The van der Waals surface area contributed by atoms with E-state index in [-0.39, 0.29) is 17.7 Å². The van der Waals surface area contributed by atoms with Gasteiger partial charge in [0.2, 0.25) is 0 Å². The van der Waals surface area contributed by atoms with Gasteiger partial charge in [-0.1, -0.05) is 23.7 Å². The van der Waals surface area contributed by atoms with Crippen molar-refractivity contribution in [1.29, 1.82) is 0 Å². The summed E-state index contributed by atoms with van der Waals surface area (Å²) < 4.78 is 6.02. The molecule has 1 aliphatic heterocycles. The van der Waals surface area contributed by atoms with E-state index in [0.717, 1.165) is 37.5 Å². The van der Waals surface area contributed by atoms with Gasteiger partial charge in [0.05, 0.1) is 11.6 Å². The number of hydrogen-bond donors (Lipinski definition) is 2. The van der Waals surface area contributed by atoms with E-state index < -0.39 is 0 Å². The highest BCUT2D eigenvalue weighted by atomic mass is 35.5. The molecule has 9 heteroatoms. The first-order valence-electron chi connectivity index (χ1n) is 9.45. The van der Waals surface area contributed by atoms with Gasteiger partial charge in [0.15, 0.2) is 11.5 Å². The van der Waals surface area contributed by atoms with Crippen LogP contribution in [-0.4, -0.2) is 45.3 Å². The first-order chi connectivity index (χ1) is 14.2. The molecule has 1 amide bonds. The Kier molecular flexibility index (Phi) is 5.90. The number of hydrogen-bond acceptors (Lipinski definition) is 6. The Morgan fingerprint density at radius 2 is 2.03 bits per heavy atom. The standard InChI is InChI=1S/C20H21ClN6O2/c21-15-3-1-2-4-17(15)29-14-7-11-27(12-8-14)19-6-5-16(25-26-19)20(28)24-13-18-22-9-10-23-18/h1-6,9-10,14H,7-8,11-13H2,(H,22,23)(H,24,28). The molecule has 0 unspecified atom stereocenters. The van der Waals surface area contributed by atoms with Crippen LogP contribution in [-0.2, 0) is 6.54 Å². The third-order valence-corrected chi connectivity index (χ3v) is 5.06. The van der Waals surface area contributed by atoms with E-state index in [1.54, 1.807) is 18.5 Å². The summed E-state index contributed by atoms with van der Waals surface area (Å²) in [5.41, 5.74) is 0.275. The average Bonchev–Trinajstić information content (AvgIpc) is 3.28. The Morgan fingerprint density at radius 3 is 2.72 bits per heavy atom. The number of benzene rings is 1. The van der Waals surface area contributed by atoms with Crippen molar-refractivity contribution in [2.24, 2.45) is 0 Å². The molecule has 4 rings (SSSR count). The molecule has 2 aromatic heterocycles. The number of carbonyl (C=O) groups is 1. The molecule has 0 spiro atoms. The van der Waals surface area contributed by atoms with Crippen molar-refractivity contribution < 1.29 is 9.53 Å². The summed E-state index contributed by atoms with van der Waals surface area (Å²) in [6.07, 6.45) is 5.18. The fourth-order valence-electron chi connectivity index (χ4n) is 3.19. The smallest absolute Gasteiger partial charge is 0.272 e. The first-order valence-corrected chi connectivity index (χ1v) is 9.83. The Bertz CT molecular complexity index is 940. The van der Waals surface area contributed by atoms with Crippen LogP contribution in [0.2, 0.25) is 5.02 Å². The van der Waals surface area contributed by atoms with E-state index in [9.17, 15) is 4.79 Å². The van der Waals surface area contributed by atoms with Gasteiger partial charge in [0.25, 0.3) is 5.91 Å². The molecule has 0 saturated carbocycles. The molecule has 0 aliphatic carbocycles. The van der Waals surface area contributed by atoms with Crippen molar-refractivity contribution in [2.45, 2.75) is 25.5 Å². The number of anilines is 1. The zero-order valence-corrected chi connectivity index (χ0v) is 16.5. The summed E-state index contributed by atoms with van der Waals surface area (Å²) in [6, 6.07) is 11.0. The number of piperidine rings is 1. The van der Waals surface area contributed by atoms with Crippen molar-refractivity contribution in [1.82, 2.24) is 25.5 Å². The van der Waals surface area contributed by atoms with Crippen LogP contribution in [0.15, 0.2) is 48.8 Å². The van der Waals surface area contributed by atoms with Crippen molar-refractivity contribution in [3.05, 3.63) is 65.3 Å². The molecular weight excluding hydrogens is 392 g/mol. The molecule has 1 fully saturated rings. The van der Waals surface area contributed by atoms with E-state index in [1.165, 1.54) is 0 Å². The summed E-state index contributed by atoms with van der Waals surface area (Å²) in [6.45, 7) is 1.91. The Balaban J connectivity index is 1.28. The fourth-order valence-corrected chi connectivity index (χ4v) is 3.37. The number of ether oxygens (including phenoxy) is 1. The van der Waals surface area contributed by atoms with Crippen LogP contribution in [0.5, 0.6) is 5.75 Å². The molecule has 8 nitrogen and oxygen atoms in total. The number of imidazole rings is 1. The van der Waals surface area contributed by atoms with Gasteiger partial charge in [-0.2, -0.15) is 0 Å². The van der Waals surface area contributed by atoms with E-state index >= 15 is 0 Å². The second-order valence-electron chi connectivity index (χ2n) is 6.73. The zero-order valence-electron chi connectivity index (χ0n) is 15.7. The summed E-state index contributed by atoms with van der Waals surface area (Å²) in [5.74, 6) is 1.87.